The molecule has 0 aliphatic rings. The number of halogens is 1. The van der Waals surface area contributed by atoms with Crippen LogP contribution in [0.3, 0.4) is 0 Å². The first-order valence-corrected chi connectivity index (χ1v) is 6.83. The first-order valence-electron chi connectivity index (χ1n) is 6.83. The van der Waals surface area contributed by atoms with Crippen LogP contribution in [0.5, 0.6) is 11.5 Å². The summed E-state index contributed by atoms with van der Waals surface area (Å²) in [6.07, 6.45) is 2.12. The van der Waals surface area contributed by atoms with Crippen molar-refractivity contribution in [3.63, 3.8) is 0 Å². The van der Waals surface area contributed by atoms with Gasteiger partial charge in [0.05, 0.1) is 14.2 Å². The summed E-state index contributed by atoms with van der Waals surface area (Å²) < 4.78 is 10.4. The highest BCUT2D eigenvalue weighted by atomic mass is 35.5. The number of methoxy groups -OCH3 is 2. The average Bonchev–Trinajstić information content (AvgIpc) is 2.49. The van der Waals surface area contributed by atoms with Crippen LogP contribution in [0.25, 0.3) is 0 Å². The maximum atomic E-state index is 11.7. The van der Waals surface area contributed by atoms with Gasteiger partial charge in [0.25, 0.3) is 0 Å². The Bertz CT molecular complexity index is 427. The van der Waals surface area contributed by atoms with E-state index in [1.807, 2.05) is 25.2 Å². The summed E-state index contributed by atoms with van der Waals surface area (Å²) in [6, 6.07) is 5.72. The van der Waals surface area contributed by atoms with Crippen molar-refractivity contribution in [2.24, 2.45) is 0 Å². The Hall–Kier alpha value is -1.46. The van der Waals surface area contributed by atoms with Gasteiger partial charge in [-0.25, -0.2) is 0 Å². The number of carbonyl (C=O) groups excluding carboxylic acids is 1. The summed E-state index contributed by atoms with van der Waals surface area (Å²) in [5.74, 6) is 1.48. The fraction of sp³-hybridized carbons (Fsp3) is 0.533. The predicted octanol–water partition coefficient (Wildman–Crippen LogP) is 1.78. The Labute approximate surface area is 132 Å². The largest absolute Gasteiger partial charge is 0.493 e. The highest BCUT2D eigenvalue weighted by Crippen LogP contribution is 2.27. The average molecular weight is 317 g/mol. The van der Waals surface area contributed by atoms with Crippen molar-refractivity contribution >= 4 is 18.3 Å². The Morgan fingerprint density at radius 3 is 2.48 bits per heavy atom. The van der Waals surface area contributed by atoms with Crippen molar-refractivity contribution in [1.82, 2.24) is 10.6 Å². The molecule has 0 saturated heterocycles. The van der Waals surface area contributed by atoms with E-state index < -0.39 is 0 Å². The Morgan fingerprint density at radius 1 is 1.14 bits per heavy atom. The van der Waals surface area contributed by atoms with Gasteiger partial charge < -0.3 is 20.1 Å². The minimum absolute atomic E-state index is 0. The van der Waals surface area contributed by atoms with E-state index in [9.17, 15) is 4.79 Å². The summed E-state index contributed by atoms with van der Waals surface area (Å²) in [5, 5.41) is 5.95. The van der Waals surface area contributed by atoms with E-state index >= 15 is 0 Å². The molecule has 2 N–H and O–H groups in total. The van der Waals surface area contributed by atoms with Crippen molar-refractivity contribution in [2.45, 2.75) is 19.3 Å². The lowest BCUT2D eigenvalue weighted by Crippen LogP contribution is -2.26. The third-order valence-corrected chi connectivity index (χ3v) is 3.01. The number of nitrogens with one attached hydrogen (secondary N) is 2. The second-order valence-electron chi connectivity index (χ2n) is 4.50. The zero-order chi connectivity index (χ0) is 14.8. The van der Waals surface area contributed by atoms with Crippen LogP contribution >= 0.6 is 12.4 Å². The van der Waals surface area contributed by atoms with Gasteiger partial charge in [0.15, 0.2) is 11.5 Å². The molecule has 0 aromatic heterocycles. The molecule has 0 aliphatic heterocycles. The number of carbonyl (C=O) groups is 1. The lowest BCUT2D eigenvalue weighted by Gasteiger charge is -2.09. The molecule has 0 bridgehead atoms. The van der Waals surface area contributed by atoms with Crippen LogP contribution in [0.4, 0.5) is 0 Å². The van der Waals surface area contributed by atoms with Gasteiger partial charge in [0, 0.05) is 13.0 Å². The molecule has 1 rings (SSSR count). The predicted molar refractivity (Wildman–Crippen MR) is 86.7 cm³/mol. The molecule has 0 saturated carbocycles. The number of benzene rings is 1. The first-order chi connectivity index (χ1) is 9.71. The molecule has 5 nitrogen and oxygen atoms in total. The van der Waals surface area contributed by atoms with E-state index in [-0.39, 0.29) is 18.3 Å². The maximum Gasteiger partial charge on any atom is 0.220 e. The van der Waals surface area contributed by atoms with Crippen LogP contribution in [-0.2, 0) is 11.2 Å². The number of aryl methyl sites for hydroxylation is 1. The molecule has 0 aliphatic carbocycles. The molecule has 0 spiro atoms. The topological polar surface area (TPSA) is 59.6 Å². The van der Waals surface area contributed by atoms with Gasteiger partial charge >= 0.3 is 0 Å². The molecule has 120 valence electrons. The van der Waals surface area contributed by atoms with Crippen molar-refractivity contribution in [3.8, 4) is 11.5 Å². The second-order valence-corrected chi connectivity index (χ2v) is 4.50. The fourth-order valence-corrected chi connectivity index (χ4v) is 1.88. The van der Waals surface area contributed by atoms with Crippen molar-refractivity contribution < 1.29 is 14.3 Å². The van der Waals surface area contributed by atoms with E-state index in [1.54, 1.807) is 14.2 Å². The lowest BCUT2D eigenvalue weighted by atomic mass is 10.1. The first kappa shape index (κ1) is 19.5. The van der Waals surface area contributed by atoms with Gasteiger partial charge in [-0.3, -0.25) is 4.79 Å². The summed E-state index contributed by atoms with van der Waals surface area (Å²) in [6.45, 7) is 1.63. The Kier molecular flexibility index (Phi) is 10.4. The highest BCUT2D eigenvalue weighted by molar-refractivity contribution is 5.85. The van der Waals surface area contributed by atoms with Crippen LogP contribution < -0.4 is 20.1 Å². The quantitative estimate of drug-likeness (QED) is 0.682. The van der Waals surface area contributed by atoms with Crippen LogP contribution in [0, 0.1) is 0 Å². The molecule has 0 atom stereocenters. The molecular weight excluding hydrogens is 292 g/mol. The van der Waals surface area contributed by atoms with Crippen LogP contribution in [0.1, 0.15) is 18.4 Å². The fourth-order valence-electron chi connectivity index (χ4n) is 1.88. The number of rotatable bonds is 9. The molecule has 0 radical (unpaired) electrons. The zero-order valence-corrected chi connectivity index (χ0v) is 13.7. The second kappa shape index (κ2) is 11.2. The van der Waals surface area contributed by atoms with E-state index in [2.05, 4.69) is 10.6 Å². The van der Waals surface area contributed by atoms with Gasteiger partial charge in [-0.05, 0) is 44.1 Å². The third-order valence-electron chi connectivity index (χ3n) is 3.01. The molecule has 6 heteroatoms. The molecule has 21 heavy (non-hydrogen) atoms. The van der Waals surface area contributed by atoms with E-state index in [1.165, 1.54) is 0 Å². The lowest BCUT2D eigenvalue weighted by molar-refractivity contribution is -0.121. The van der Waals surface area contributed by atoms with Gasteiger partial charge in [0.1, 0.15) is 0 Å². The summed E-state index contributed by atoms with van der Waals surface area (Å²) in [5.41, 5.74) is 1.06. The smallest absolute Gasteiger partial charge is 0.220 e. The van der Waals surface area contributed by atoms with Crippen LogP contribution in [0.2, 0.25) is 0 Å². The van der Waals surface area contributed by atoms with Crippen molar-refractivity contribution in [2.75, 3.05) is 34.4 Å². The minimum Gasteiger partial charge on any atom is -0.493 e. The Balaban J connectivity index is 0.00000400. The summed E-state index contributed by atoms with van der Waals surface area (Å²) >= 11 is 0. The number of hydrogen-bond donors (Lipinski definition) is 2. The van der Waals surface area contributed by atoms with Crippen molar-refractivity contribution in [1.29, 1.82) is 0 Å². The van der Waals surface area contributed by atoms with Crippen LogP contribution in [-0.4, -0.2) is 40.3 Å². The van der Waals surface area contributed by atoms with Gasteiger partial charge in [-0.2, -0.15) is 0 Å². The molecule has 0 fully saturated rings. The number of ether oxygens (including phenoxy) is 2. The zero-order valence-electron chi connectivity index (χ0n) is 12.9. The maximum absolute atomic E-state index is 11.7. The molecule has 0 unspecified atom stereocenters. The molecular formula is C15H25ClN2O3. The standard InChI is InChI=1S/C15H24N2O3.ClH/c1-16-9-4-10-17-15(18)8-6-12-5-7-13(19-2)14(11-12)20-3;/h5,7,11,16H,4,6,8-10H2,1-3H3,(H,17,18);1H. The SMILES string of the molecule is CNCCCNC(=O)CCc1ccc(OC)c(OC)c1.Cl. The minimum atomic E-state index is 0. The van der Waals surface area contributed by atoms with Gasteiger partial charge in [0.2, 0.25) is 5.91 Å². The molecule has 1 aromatic rings. The third kappa shape index (κ3) is 7.20. The molecule has 1 amide bonds. The van der Waals surface area contributed by atoms with E-state index in [0.717, 1.165) is 18.5 Å². The molecule has 1 aromatic carbocycles. The van der Waals surface area contributed by atoms with Crippen LogP contribution in [0.15, 0.2) is 18.2 Å². The van der Waals surface area contributed by atoms with E-state index in [0.29, 0.717) is 30.9 Å². The number of amides is 1. The monoisotopic (exact) mass is 316 g/mol. The normalized spacial score (nSPS) is 9.67. The highest BCUT2D eigenvalue weighted by Gasteiger charge is 2.06. The number of hydrogen-bond acceptors (Lipinski definition) is 4. The summed E-state index contributed by atoms with van der Waals surface area (Å²) in [7, 11) is 5.12. The van der Waals surface area contributed by atoms with Gasteiger partial charge in [-0.15, -0.1) is 12.4 Å². The van der Waals surface area contributed by atoms with Gasteiger partial charge in [-0.1, -0.05) is 6.07 Å². The summed E-state index contributed by atoms with van der Waals surface area (Å²) in [4.78, 5) is 11.7. The molecule has 0 heterocycles. The van der Waals surface area contributed by atoms with Crippen molar-refractivity contribution in [3.05, 3.63) is 23.8 Å². The Morgan fingerprint density at radius 2 is 1.86 bits per heavy atom. The van der Waals surface area contributed by atoms with E-state index in [4.69, 9.17) is 9.47 Å².